The smallest absolute Gasteiger partial charge is 0.147 e. The highest BCUT2D eigenvalue weighted by molar-refractivity contribution is 8.00. The van der Waals surface area contributed by atoms with Crippen LogP contribution in [0.5, 0.6) is 0 Å². The number of nitrogens with one attached hydrogen (secondary N) is 1. The maximum atomic E-state index is 4.75. The van der Waals surface area contributed by atoms with E-state index in [2.05, 4.69) is 27.0 Å². The minimum atomic E-state index is 0.334. The van der Waals surface area contributed by atoms with Crippen LogP contribution in [-0.2, 0) is 0 Å². The maximum absolute atomic E-state index is 4.75. The van der Waals surface area contributed by atoms with Gasteiger partial charge in [-0.2, -0.15) is 0 Å². The second kappa shape index (κ2) is 4.90. The molecule has 4 rings (SSSR count). The van der Waals surface area contributed by atoms with Gasteiger partial charge in [0.1, 0.15) is 5.82 Å². The van der Waals surface area contributed by atoms with E-state index in [1.54, 1.807) is 0 Å². The first-order valence-electron chi connectivity index (χ1n) is 7.20. The van der Waals surface area contributed by atoms with Gasteiger partial charge in [0, 0.05) is 25.4 Å². The Balaban J connectivity index is 1.55. The van der Waals surface area contributed by atoms with E-state index in [-0.39, 0.29) is 0 Å². The van der Waals surface area contributed by atoms with Gasteiger partial charge in [0.2, 0.25) is 0 Å². The number of fused-ring (bicyclic) bond motifs is 1. The summed E-state index contributed by atoms with van der Waals surface area (Å²) in [7, 11) is 0. The molecule has 1 aromatic heterocycles. The largest absolute Gasteiger partial charge is 0.355 e. The summed E-state index contributed by atoms with van der Waals surface area (Å²) in [5, 5.41) is 3.67. The fourth-order valence-electron chi connectivity index (χ4n) is 3.09. The van der Waals surface area contributed by atoms with Crippen molar-refractivity contribution in [2.24, 2.45) is 0 Å². The van der Waals surface area contributed by atoms with Crippen LogP contribution >= 0.6 is 11.8 Å². The Kier molecular flexibility index (Phi) is 3.04. The number of anilines is 1. The van der Waals surface area contributed by atoms with E-state index in [9.17, 15) is 0 Å². The monoisotopic (exact) mass is 286 g/mol. The predicted octanol–water partition coefficient (Wildman–Crippen LogP) is 2.26. The van der Waals surface area contributed by atoms with Crippen molar-refractivity contribution in [1.29, 1.82) is 0 Å². The molecule has 2 fully saturated rings. The molecule has 0 aliphatic carbocycles. The molecular formula is C15H18N4S. The molecule has 3 heterocycles. The number of aromatic nitrogens is 2. The standard InChI is InChI=1S/C15H18N4S/c1-2-4-13-12(3-1)16-11-14(18-13)19-8-5-15(6-9-19)17-7-10-20-15/h1-4,11,17H,5-10H2. The van der Waals surface area contributed by atoms with Crippen molar-refractivity contribution in [2.45, 2.75) is 17.7 Å². The molecular weight excluding hydrogens is 268 g/mol. The number of para-hydroxylation sites is 2. The van der Waals surface area contributed by atoms with Crippen LogP contribution in [0.25, 0.3) is 11.0 Å². The van der Waals surface area contributed by atoms with E-state index in [1.807, 2.05) is 30.5 Å². The second-order valence-corrected chi connectivity index (χ2v) is 6.95. The summed E-state index contributed by atoms with van der Waals surface area (Å²) >= 11 is 2.09. The fourth-order valence-corrected chi connectivity index (χ4v) is 4.36. The number of rotatable bonds is 1. The van der Waals surface area contributed by atoms with E-state index >= 15 is 0 Å². The highest BCUT2D eigenvalue weighted by Gasteiger charge is 2.37. The molecule has 1 spiro atoms. The molecule has 104 valence electrons. The van der Waals surface area contributed by atoms with Crippen molar-refractivity contribution in [1.82, 2.24) is 15.3 Å². The Labute approximate surface area is 123 Å². The van der Waals surface area contributed by atoms with Gasteiger partial charge in [-0.15, -0.1) is 11.8 Å². The minimum Gasteiger partial charge on any atom is -0.355 e. The third kappa shape index (κ3) is 2.15. The maximum Gasteiger partial charge on any atom is 0.147 e. The Morgan fingerprint density at radius 1 is 1.15 bits per heavy atom. The predicted molar refractivity (Wildman–Crippen MR) is 84.2 cm³/mol. The zero-order valence-electron chi connectivity index (χ0n) is 11.4. The van der Waals surface area contributed by atoms with E-state index < -0.39 is 0 Å². The summed E-state index contributed by atoms with van der Waals surface area (Å²) in [6, 6.07) is 8.07. The number of thioether (sulfide) groups is 1. The van der Waals surface area contributed by atoms with Gasteiger partial charge in [0.05, 0.1) is 22.1 Å². The minimum absolute atomic E-state index is 0.334. The third-order valence-electron chi connectivity index (χ3n) is 4.26. The first-order valence-corrected chi connectivity index (χ1v) is 8.19. The molecule has 1 N–H and O–H groups in total. The Hall–Kier alpha value is -1.33. The van der Waals surface area contributed by atoms with Crippen molar-refractivity contribution >= 4 is 28.6 Å². The molecule has 0 bridgehead atoms. The topological polar surface area (TPSA) is 41.1 Å². The lowest BCUT2D eigenvalue weighted by atomic mass is 10.0. The van der Waals surface area contributed by atoms with Crippen molar-refractivity contribution in [3.63, 3.8) is 0 Å². The molecule has 0 saturated carbocycles. The van der Waals surface area contributed by atoms with Crippen LogP contribution in [0.15, 0.2) is 30.5 Å². The molecule has 1 aromatic carbocycles. The number of hydrogen-bond donors (Lipinski definition) is 1. The zero-order valence-corrected chi connectivity index (χ0v) is 12.2. The van der Waals surface area contributed by atoms with Gasteiger partial charge in [0.15, 0.2) is 0 Å². The van der Waals surface area contributed by atoms with Gasteiger partial charge in [-0.25, -0.2) is 4.98 Å². The average molecular weight is 286 g/mol. The SMILES string of the molecule is c1ccc2nc(N3CCC4(CC3)NCCS4)cnc2c1. The van der Waals surface area contributed by atoms with Crippen LogP contribution in [0.2, 0.25) is 0 Å². The van der Waals surface area contributed by atoms with Crippen LogP contribution in [0.4, 0.5) is 5.82 Å². The number of nitrogens with zero attached hydrogens (tertiary/aromatic N) is 3. The summed E-state index contributed by atoms with van der Waals surface area (Å²) in [4.78, 5) is 12.0. The van der Waals surface area contributed by atoms with Gasteiger partial charge in [-0.1, -0.05) is 12.1 Å². The molecule has 5 heteroatoms. The quantitative estimate of drug-likeness (QED) is 0.871. The number of hydrogen-bond acceptors (Lipinski definition) is 5. The highest BCUT2D eigenvalue weighted by atomic mass is 32.2. The lowest BCUT2D eigenvalue weighted by Crippen LogP contribution is -2.48. The lowest BCUT2D eigenvalue weighted by Gasteiger charge is -2.39. The number of benzene rings is 1. The third-order valence-corrected chi connectivity index (χ3v) is 5.77. The molecule has 2 saturated heterocycles. The van der Waals surface area contributed by atoms with E-state index in [4.69, 9.17) is 4.98 Å². The summed E-state index contributed by atoms with van der Waals surface area (Å²) in [5.41, 5.74) is 1.95. The van der Waals surface area contributed by atoms with Gasteiger partial charge >= 0.3 is 0 Å². The van der Waals surface area contributed by atoms with E-state index in [1.165, 1.54) is 18.6 Å². The molecule has 2 aliphatic rings. The summed E-state index contributed by atoms with van der Waals surface area (Å²) in [6.07, 6.45) is 4.29. The molecule has 20 heavy (non-hydrogen) atoms. The van der Waals surface area contributed by atoms with Crippen LogP contribution in [0.1, 0.15) is 12.8 Å². The Bertz CT molecular complexity index is 614. The first-order chi connectivity index (χ1) is 9.85. The summed E-state index contributed by atoms with van der Waals surface area (Å²) < 4.78 is 0. The molecule has 0 amide bonds. The normalized spacial score (nSPS) is 21.7. The van der Waals surface area contributed by atoms with Gasteiger partial charge < -0.3 is 10.2 Å². The molecule has 4 nitrogen and oxygen atoms in total. The molecule has 0 atom stereocenters. The van der Waals surface area contributed by atoms with Crippen molar-refractivity contribution in [2.75, 3.05) is 30.3 Å². The number of piperidine rings is 1. The van der Waals surface area contributed by atoms with Crippen LogP contribution in [0, 0.1) is 0 Å². The highest BCUT2D eigenvalue weighted by Crippen LogP contribution is 2.37. The summed E-state index contributed by atoms with van der Waals surface area (Å²) in [5.74, 6) is 2.26. The summed E-state index contributed by atoms with van der Waals surface area (Å²) in [6.45, 7) is 3.28. The van der Waals surface area contributed by atoms with Crippen LogP contribution in [-0.4, -0.2) is 40.2 Å². The molecule has 0 radical (unpaired) electrons. The van der Waals surface area contributed by atoms with E-state index in [0.717, 1.165) is 36.5 Å². The Morgan fingerprint density at radius 2 is 1.95 bits per heavy atom. The fraction of sp³-hybridized carbons (Fsp3) is 0.467. The second-order valence-electron chi connectivity index (χ2n) is 5.47. The lowest BCUT2D eigenvalue weighted by molar-refractivity contribution is 0.398. The van der Waals surface area contributed by atoms with Crippen molar-refractivity contribution in [3.05, 3.63) is 30.5 Å². The first kappa shape index (κ1) is 12.4. The molecule has 0 unspecified atom stereocenters. The zero-order chi connectivity index (χ0) is 13.4. The van der Waals surface area contributed by atoms with Gasteiger partial charge in [-0.05, 0) is 25.0 Å². The van der Waals surface area contributed by atoms with Crippen LogP contribution < -0.4 is 10.2 Å². The van der Waals surface area contributed by atoms with Gasteiger partial charge in [0.25, 0.3) is 0 Å². The van der Waals surface area contributed by atoms with Crippen molar-refractivity contribution < 1.29 is 0 Å². The van der Waals surface area contributed by atoms with Crippen molar-refractivity contribution in [3.8, 4) is 0 Å². The van der Waals surface area contributed by atoms with E-state index in [0.29, 0.717) is 4.87 Å². The van der Waals surface area contributed by atoms with Gasteiger partial charge in [-0.3, -0.25) is 4.98 Å². The molecule has 2 aromatic rings. The Morgan fingerprint density at radius 3 is 2.70 bits per heavy atom. The average Bonchev–Trinajstić information content (AvgIpc) is 2.96. The van der Waals surface area contributed by atoms with Crippen LogP contribution in [0.3, 0.4) is 0 Å². The molecule has 2 aliphatic heterocycles.